The molecule has 1 fully saturated rings. The first kappa shape index (κ1) is 15.0. The van der Waals surface area contributed by atoms with Gasteiger partial charge >= 0.3 is 0 Å². The van der Waals surface area contributed by atoms with E-state index in [4.69, 9.17) is 9.05 Å². The van der Waals surface area contributed by atoms with E-state index in [1.807, 2.05) is 20.8 Å². The molecule has 4 heterocycles. The van der Waals surface area contributed by atoms with E-state index in [2.05, 4.69) is 30.2 Å². The molecule has 3 aromatic rings. The van der Waals surface area contributed by atoms with Crippen molar-refractivity contribution in [2.45, 2.75) is 40.0 Å². The van der Waals surface area contributed by atoms with Crippen LogP contribution in [0.25, 0.3) is 11.1 Å². The van der Waals surface area contributed by atoms with Gasteiger partial charge in [0.25, 0.3) is 5.71 Å². The minimum Gasteiger partial charge on any atom is -0.356 e. The third kappa shape index (κ3) is 2.72. The zero-order valence-electron chi connectivity index (χ0n) is 14.1. The Labute approximate surface area is 139 Å². The van der Waals surface area contributed by atoms with Gasteiger partial charge in [-0.15, -0.1) is 0 Å². The number of aromatic nitrogens is 5. The summed E-state index contributed by atoms with van der Waals surface area (Å²) in [6.45, 7) is 7.52. The maximum Gasteiger partial charge on any atom is 0.263 e. The lowest BCUT2D eigenvalue weighted by Gasteiger charge is -2.32. The topological polar surface area (TPSA) is 94.0 Å². The number of hydrogen-bond donors (Lipinski definition) is 0. The average molecular weight is 328 g/mol. The molecule has 4 rings (SSSR count). The van der Waals surface area contributed by atoms with Crippen molar-refractivity contribution in [1.82, 2.24) is 25.3 Å². The lowest BCUT2D eigenvalue weighted by molar-refractivity contribution is 0.365. The fourth-order valence-electron chi connectivity index (χ4n) is 3.33. The van der Waals surface area contributed by atoms with Crippen molar-refractivity contribution < 1.29 is 9.05 Å². The quantitative estimate of drug-likeness (QED) is 0.723. The fraction of sp³-hybridized carbons (Fsp3) is 0.562. The number of rotatable bonds is 3. The normalized spacial score (nSPS) is 16.2. The number of anilines is 1. The van der Waals surface area contributed by atoms with Crippen LogP contribution in [0.1, 0.15) is 36.1 Å². The third-order valence-corrected chi connectivity index (χ3v) is 4.55. The zero-order valence-corrected chi connectivity index (χ0v) is 14.1. The Morgan fingerprint density at radius 3 is 2.50 bits per heavy atom. The number of fused-ring (bicyclic) bond motifs is 1. The maximum atomic E-state index is 5.31. The van der Waals surface area contributed by atoms with Gasteiger partial charge in [0, 0.05) is 26.4 Å². The highest BCUT2D eigenvalue weighted by atomic mass is 16.5. The molecule has 3 aromatic heterocycles. The molecular formula is C16H20N6O2. The van der Waals surface area contributed by atoms with Crippen molar-refractivity contribution in [1.29, 1.82) is 0 Å². The third-order valence-electron chi connectivity index (χ3n) is 4.55. The van der Waals surface area contributed by atoms with Gasteiger partial charge in [0.05, 0.1) is 5.69 Å². The van der Waals surface area contributed by atoms with E-state index in [1.165, 1.54) is 0 Å². The Balaban J connectivity index is 1.51. The molecule has 8 heteroatoms. The minimum atomic E-state index is 0.569. The molecule has 24 heavy (non-hydrogen) atoms. The summed E-state index contributed by atoms with van der Waals surface area (Å²) in [6, 6.07) is 0. The Hall–Kier alpha value is -2.51. The van der Waals surface area contributed by atoms with Gasteiger partial charge < -0.3 is 13.9 Å². The Morgan fingerprint density at radius 1 is 1.00 bits per heavy atom. The van der Waals surface area contributed by atoms with Crippen LogP contribution in [0.3, 0.4) is 0 Å². The summed E-state index contributed by atoms with van der Waals surface area (Å²) < 4.78 is 10.4. The minimum absolute atomic E-state index is 0.569. The van der Waals surface area contributed by atoms with E-state index in [9.17, 15) is 0 Å². The summed E-state index contributed by atoms with van der Waals surface area (Å²) in [5.74, 6) is 3.65. The van der Waals surface area contributed by atoms with Gasteiger partial charge in [-0.2, -0.15) is 9.97 Å². The highest BCUT2D eigenvalue weighted by Gasteiger charge is 2.25. The molecule has 0 amide bonds. The standard InChI is InChI=1S/C16H20N6O2/c1-9-14-15(17-10(2)18-16(14)24-20-9)22-6-4-12(5-7-22)8-13-19-11(3)23-21-13/h12H,4-8H2,1-3H3. The van der Waals surface area contributed by atoms with Gasteiger partial charge in [-0.25, -0.2) is 4.98 Å². The van der Waals surface area contributed by atoms with Crippen LogP contribution in [0, 0.1) is 26.7 Å². The van der Waals surface area contributed by atoms with Gasteiger partial charge in [0.1, 0.15) is 17.0 Å². The van der Waals surface area contributed by atoms with Crippen LogP contribution in [-0.2, 0) is 6.42 Å². The van der Waals surface area contributed by atoms with E-state index in [0.717, 1.165) is 55.1 Å². The molecule has 0 spiro atoms. The van der Waals surface area contributed by atoms with E-state index >= 15 is 0 Å². The van der Waals surface area contributed by atoms with Gasteiger partial charge in [-0.05, 0) is 32.6 Å². The lowest BCUT2D eigenvalue weighted by Crippen LogP contribution is -2.35. The number of aryl methyl sites for hydroxylation is 3. The number of nitrogens with zero attached hydrogens (tertiary/aromatic N) is 6. The van der Waals surface area contributed by atoms with Crippen LogP contribution < -0.4 is 4.90 Å². The predicted molar refractivity (Wildman–Crippen MR) is 86.7 cm³/mol. The molecule has 1 saturated heterocycles. The number of hydrogen-bond acceptors (Lipinski definition) is 8. The Kier molecular flexibility index (Phi) is 3.66. The van der Waals surface area contributed by atoms with Gasteiger partial charge in [0.15, 0.2) is 5.82 Å². The van der Waals surface area contributed by atoms with Crippen molar-refractivity contribution in [3.63, 3.8) is 0 Å². The van der Waals surface area contributed by atoms with Crippen LogP contribution >= 0.6 is 0 Å². The van der Waals surface area contributed by atoms with Crippen LogP contribution in [0.4, 0.5) is 5.82 Å². The molecule has 0 N–H and O–H groups in total. The molecule has 0 bridgehead atoms. The monoisotopic (exact) mass is 328 g/mol. The predicted octanol–water partition coefficient (Wildman–Crippen LogP) is 2.39. The summed E-state index contributed by atoms with van der Waals surface area (Å²) in [6.07, 6.45) is 3.01. The molecule has 0 aliphatic carbocycles. The first-order valence-corrected chi connectivity index (χ1v) is 8.25. The second-order valence-corrected chi connectivity index (χ2v) is 6.41. The van der Waals surface area contributed by atoms with Crippen molar-refractivity contribution >= 4 is 16.9 Å². The number of piperidine rings is 1. The van der Waals surface area contributed by atoms with E-state index in [-0.39, 0.29) is 0 Å². The van der Waals surface area contributed by atoms with Crippen molar-refractivity contribution in [3.8, 4) is 0 Å². The van der Waals surface area contributed by atoms with Crippen LogP contribution in [-0.4, -0.2) is 38.4 Å². The SMILES string of the molecule is Cc1nc(N2CCC(Cc3noc(C)n3)CC2)c2c(C)noc2n1. The first-order valence-electron chi connectivity index (χ1n) is 8.25. The van der Waals surface area contributed by atoms with E-state index < -0.39 is 0 Å². The largest absolute Gasteiger partial charge is 0.356 e. The second-order valence-electron chi connectivity index (χ2n) is 6.41. The molecule has 0 saturated carbocycles. The van der Waals surface area contributed by atoms with Crippen LogP contribution in [0.2, 0.25) is 0 Å². The molecule has 0 unspecified atom stereocenters. The highest BCUT2D eigenvalue weighted by molar-refractivity contribution is 5.88. The smallest absolute Gasteiger partial charge is 0.263 e. The first-order chi connectivity index (χ1) is 11.6. The van der Waals surface area contributed by atoms with Gasteiger partial charge in [-0.3, -0.25) is 0 Å². The van der Waals surface area contributed by atoms with E-state index in [0.29, 0.717) is 23.3 Å². The summed E-state index contributed by atoms with van der Waals surface area (Å²) in [7, 11) is 0. The van der Waals surface area contributed by atoms with Gasteiger partial charge in [0.2, 0.25) is 5.89 Å². The molecule has 1 aliphatic rings. The molecule has 8 nitrogen and oxygen atoms in total. The van der Waals surface area contributed by atoms with Crippen molar-refractivity contribution in [2.75, 3.05) is 18.0 Å². The average Bonchev–Trinajstić information content (AvgIpc) is 3.13. The molecule has 0 atom stereocenters. The van der Waals surface area contributed by atoms with Crippen LogP contribution in [0.5, 0.6) is 0 Å². The zero-order chi connectivity index (χ0) is 16.7. The summed E-state index contributed by atoms with van der Waals surface area (Å²) in [5.41, 5.74) is 1.41. The Bertz CT molecular complexity index is 863. The molecular weight excluding hydrogens is 308 g/mol. The fourth-order valence-corrected chi connectivity index (χ4v) is 3.33. The lowest BCUT2D eigenvalue weighted by atomic mass is 9.93. The molecule has 0 aromatic carbocycles. The summed E-state index contributed by atoms with van der Waals surface area (Å²) in [4.78, 5) is 15.6. The summed E-state index contributed by atoms with van der Waals surface area (Å²) >= 11 is 0. The molecule has 126 valence electrons. The van der Waals surface area contributed by atoms with Crippen molar-refractivity contribution in [2.24, 2.45) is 5.92 Å². The molecule has 0 radical (unpaired) electrons. The second kappa shape index (κ2) is 5.85. The van der Waals surface area contributed by atoms with E-state index in [1.54, 1.807) is 0 Å². The highest BCUT2D eigenvalue weighted by Crippen LogP contribution is 2.30. The van der Waals surface area contributed by atoms with Crippen LogP contribution in [0.15, 0.2) is 9.05 Å². The Morgan fingerprint density at radius 2 is 1.79 bits per heavy atom. The van der Waals surface area contributed by atoms with Crippen molar-refractivity contribution in [3.05, 3.63) is 23.2 Å². The maximum absolute atomic E-state index is 5.31. The molecule has 1 aliphatic heterocycles. The van der Waals surface area contributed by atoms with Gasteiger partial charge in [-0.1, -0.05) is 10.3 Å². The summed E-state index contributed by atoms with van der Waals surface area (Å²) in [5, 5.41) is 8.96.